The van der Waals surface area contributed by atoms with Crippen LogP contribution in [0.25, 0.3) is 11.1 Å². The summed E-state index contributed by atoms with van der Waals surface area (Å²) in [6.07, 6.45) is -8.82. The van der Waals surface area contributed by atoms with Gasteiger partial charge in [-0.3, -0.25) is 9.69 Å². The molecule has 4 aromatic rings. The first kappa shape index (κ1) is 30.2. The standard InChI is InChI=1S/C33H29F6N3O/c1-22(24-5-4-6-26(21-24)33(37,38)39)41-17-19-42(20-18-41)28-15-13-27(14-16-28)40-31(43)30-8-3-2-7-29(30)23-9-11-25(12-10-23)32(34,35)36/h2-16,21-22H,17-20H2,1H3,(H,40,43). The van der Waals surface area contributed by atoms with E-state index in [4.69, 9.17) is 0 Å². The third-order valence-electron chi connectivity index (χ3n) is 7.74. The second-order valence-corrected chi connectivity index (χ2v) is 10.4. The Bertz CT molecular complexity index is 1560. The van der Waals surface area contributed by atoms with Crippen LogP contribution in [-0.2, 0) is 12.4 Å². The Hall–Kier alpha value is -4.31. The van der Waals surface area contributed by atoms with Crippen LogP contribution in [0.1, 0.15) is 40.0 Å². The number of amides is 1. The molecular weight excluding hydrogens is 568 g/mol. The number of anilines is 2. The zero-order valence-corrected chi connectivity index (χ0v) is 23.2. The maximum atomic E-state index is 13.2. The van der Waals surface area contributed by atoms with E-state index in [-0.39, 0.29) is 11.9 Å². The quantitative estimate of drug-likeness (QED) is 0.226. The highest BCUT2D eigenvalue weighted by Gasteiger charge is 2.32. The molecule has 1 saturated heterocycles. The van der Waals surface area contributed by atoms with Gasteiger partial charge in [0.1, 0.15) is 0 Å². The predicted molar refractivity (Wildman–Crippen MR) is 155 cm³/mol. The maximum absolute atomic E-state index is 13.2. The van der Waals surface area contributed by atoms with Crippen LogP contribution in [0.4, 0.5) is 37.7 Å². The molecule has 0 bridgehead atoms. The van der Waals surface area contributed by atoms with Crippen molar-refractivity contribution in [3.05, 3.63) is 119 Å². The minimum atomic E-state index is -4.44. The molecule has 1 unspecified atom stereocenters. The highest BCUT2D eigenvalue weighted by atomic mass is 19.4. The Kier molecular flexibility index (Phi) is 8.50. The van der Waals surface area contributed by atoms with E-state index >= 15 is 0 Å². The maximum Gasteiger partial charge on any atom is 0.416 e. The molecule has 1 aliphatic rings. The first-order valence-corrected chi connectivity index (χ1v) is 13.7. The van der Waals surface area contributed by atoms with E-state index in [9.17, 15) is 31.1 Å². The van der Waals surface area contributed by atoms with Crippen molar-refractivity contribution in [2.24, 2.45) is 0 Å². The molecule has 5 rings (SSSR count). The second-order valence-electron chi connectivity index (χ2n) is 10.4. The summed E-state index contributed by atoms with van der Waals surface area (Å²) in [5, 5.41) is 2.86. The Morgan fingerprint density at radius 2 is 1.35 bits per heavy atom. The number of hydrogen-bond donors (Lipinski definition) is 1. The molecule has 1 heterocycles. The van der Waals surface area contributed by atoms with Crippen LogP contribution in [0, 0.1) is 0 Å². The van der Waals surface area contributed by atoms with Crippen molar-refractivity contribution < 1.29 is 31.1 Å². The molecule has 0 saturated carbocycles. The monoisotopic (exact) mass is 597 g/mol. The molecule has 1 amide bonds. The molecule has 224 valence electrons. The van der Waals surface area contributed by atoms with Crippen molar-refractivity contribution in [2.75, 3.05) is 36.4 Å². The highest BCUT2D eigenvalue weighted by molar-refractivity contribution is 6.08. The van der Waals surface area contributed by atoms with Gasteiger partial charge >= 0.3 is 12.4 Å². The molecule has 1 fully saturated rings. The summed E-state index contributed by atoms with van der Waals surface area (Å²) < 4.78 is 78.4. The molecule has 43 heavy (non-hydrogen) atoms. The van der Waals surface area contributed by atoms with Crippen LogP contribution >= 0.6 is 0 Å². The number of benzene rings is 4. The number of nitrogens with one attached hydrogen (secondary N) is 1. The van der Waals surface area contributed by atoms with E-state index in [0.29, 0.717) is 54.1 Å². The normalized spacial score (nSPS) is 15.3. The molecule has 1 atom stereocenters. The first-order chi connectivity index (χ1) is 20.4. The lowest BCUT2D eigenvalue weighted by molar-refractivity contribution is -0.138. The van der Waals surface area contributed by atoms with Crippen LogP contribution in [0.2, 0.25) is 0 Å². The number of hydrogen-bond acceptors (Lipinski definition) is 3. The molecule has 0 spiro atoms. The van der Waals surface area contributed by atoms with Gasteiger partial charge in [-0.15, -0.1) is 0 Å². The Morgan fingerprint density at radius 3 is 1.98 bits per heavy atom. The number of carbonyl (C=O) groups is 1. The van der Waals surface area contributed by atoms with Crippen LogP contribution in [0.3, 0.4) is 0 Å². The van der Waals surface area contributed by atoms with Crippen LogP contribution in [0.15, 0.2) is 97.1 Å². The van der Waals surface area contributed by atoms with Crippen molar-refractivity contribution in [1.82, 2.24) is 4.90 Å². The van der Waals surface area contributed by atoms with Crippen molar-refractivity contribution in [3.63, 3.8) is 0 Å². The lowest BCUT2D eigenvalue weighted by Crippen LogP contribution is -2.47. The van der Waals surface area contributed by atoms with Crippen LogP contribution < -0.4 is 10.2 Å². The van der Waals surface area contributed by atoms with Crippen molar-refractivity contribution in [1.29, 1.82) is 0 Å². The fourth-order valence-corrected chi connectivity index (χ4v) is 5.28. The summed E-state index contributed by atoms with van der Waals surface area (Å²) in [6, 6.07) is 24.1. The molecular formula is C33H29F6N3O. The molecule has 1 N–H and O–H groups in total. The molecule has 4 nitrogen and oxygen atoms in total. The number of alkyl halides is 6. The average molecular weight is 598 g/mol. The van der Waals surface area contributed by atoms with Crippen LogP contribution in [-0.4, -0.2) is 37.0 Å². The third-order valence-corrected chi connectivity index (χ3v) is 7.74. The highest BCUT2D eigenvalue weighted by Crippen LogP contribution is 2.34. The van der Waals surface area contributed by atoms with Gasteiger partial charge in [-0.25, -0.2) is 0 Å². The molecule has 4 aromatic carbocycles. The SMILES string of the molecule is CC(c1cccc(C(F)(F)F)c1)N1CCN(c2ccc(NC(=O)c3ccccc3-c3ccc(C(F)(F)F)cc3)cc2)CC1. The fraction of sp³-hybridized carbons (Fsp3) is 0.242. The summed E-state index contributed by atoms with van der Waals surface area (Å²) in [7, 11) is 0. The van der Waals surface area contributed by atoms with Gasteiger partial charge in [-0.05, 0) is 78.2 Å². The van der Waals surface area contributed by atoms with Gasteiger partial charge in [0.15, 0.2) is 0 Å². The minimum absolute atomic E-state index is 0.160. The molecule has 1 aliphatic heterocycles. The lowest BCUT2D eigenvalue weighted by Gasteiger charge is -2.39. The molecule has 0 radical (unpaired) electrons. The number of nitrogens with zero attached hydrogens (tertiary/aromatic N) is 2. The third kappa shape index (κ3) is 7.02. The topological polar surface area (TPSA) is 35.6 Å². The average Bonchev–Trinajstić information content (AvgIpc) is 3.00. The van der Waals surface area contributed by atoms with Gasteiger partial charge in [0.05, 0.1) is 11.1 Å². The zero-order valence-electron chi connectivity index (χ0n) is 23.2. The van der Waals surface area contributed by atoms with E-state index in [1.165, 1.54) is 24.3 Å². The smallest absolute Gasteiger partial charge is 0.369 e. The Morgan fingerprint density at radius 1 is 0.721 bits per heavy atom. The second kappa shape index (κ2) is 12.1. The van der Waals surface area contributed by atoms with Crippen molar-refractivity contribution in [2.45, 2.75) is 25.3 Å². The first-order valence-electron chi connectivity index (χ1n) is 13.7. The summed E-state index contributed by atoms with van der Waals surface area (Å²) >= 11 is 0. The molecule has 0 aliphatic carbocycles. The van der Waals surface area contributed by atoms with Gasteiger partial charge in [-0.2, -0.15) is 26.3 Å². The summed E-state index contributed by atoms with van der Waals surface area (Å²) in [6.45, 7) is 4.65. The van der Waals surface area contributed by atoms with E-state index < -0.39 is 23.5 Å². The van der Waals surface area contributed by atoms with E-state index in [0.717, 1.165) is 23.9 Å². The minimum Gasteiger partial charge on any atom is -0.369 e. The Balaban J connectivity index is 1.20. The fourth-order valence-electron chi connectivity index (χ4n) is 5.28. The van der Waals surface area contributed by atoms with Gasteiger partial charge in [0.2, 0.25) is 0 Å². The van der Waals surface area contributed by atoms with E-state index in [1.807, 2.05) is 19.1 Å². The largest absolute Gasteiger partial charge is 0.416 e. The summed E-state index contributed by atoms with van der Waals surface area (Å²) in [5.74, 6) is -0.388. The van der Waals surface area contributed by atoms with Gasteiger partial charge in [0.25, 0.3) is 5.91 Å². The van der Waals surface area contributed by atoms with Gasteiger partial charge in [0, 0.05) is 49.2 Å². The molecule has 0 aromatic heterocycles. The van der Waals surface area contributed by atoms with Crippen molar-refractivity contribution in [3.8, 4) is 11.1 Å². The Labute approximate surface area is 245 Å². The van der Waals surface area contributed by atoms with E-state index in [1.54, 1.807) is 42.5 Å². The molecule has 10 heteroatoms. The summed E-state index contributed by atoms with van der Waals surface area (Å²) in [4.78, 5) is 17.5. The number of rotatable bonds is 6. The lowest BCUT2D eigenvalue weighted by atomic mass is 9.98. The number of halogens is 6. The number of carbonyl (C=O) groups excluding carboxylic acids is 1. The van der Waals surface area contributed by atoms with Crippen LogP contribution in [0.5, 0.6) is 0 Å². The number of piperazine rings is 1. The van der Waals surface area contributed by atoms with E-state index in [2.05, 4.69) is 15.1 Å². The van der Waals surface area contributed by atoms with Crippen molar-refractivity contribution >= 4 is 17.3 Å². The van der Waals surface area contributed by atoms with Gasteiger partial charge < -0.3 is 10.2 Å². The predicted octanol–water partition coefficient (Wildman–Crippen LogP) is 8.53. The van der Waals surface area contributed by atoms with Gasteiger partial charge in [-0.1, -0.05) is 42.5 Å². The summed E-state index contributed by atoms with van der Waals surface area (Å²) in [5.41, 5.74) is 2.08. The zero-order chi connectivity index (χ0) is 30.8.